The molecule has 3 rings (SSSR count). The summed E-state index contributed by atoms with van der Waals surface area (Å²) < 4.78 is 42.1. The summed E-state index contributed by atoms with van der Waals surface area (Å²) in [5.41, 5.74) is 0.739. The van der Waals surface area contributed by atoms with E-state index in [2.05, 4.69) is 10.3 Å². The maximum absolute atomic E-state index is 13.3. The van der Waals surface area contributed by atoms with Gasteiger partial charge in [0.15, 0.2) is 5.03 Å². The number of carbonyl (C=O) groups is 2. The number of carbonyl (C=O) groups excluding carboxylic acids is 2. The highest BCUT2D eigenvalue weighted by molar-refractivity contribution is 7.89. The number of amides is 1. The van der Waals surface area contributed by atoms with Crippen LogP contribution in [0.3, 0.4) is 0 Å². The number of sulfonamides is 1. The Kier molecular flexibility index (Phi) is 6.43. The van der Waals surface area contributed by atoms with Gasteiger partial charge >= 0.3 is 0 Å². The van der Waals surface area contributed by atoms with Gasteiger partial charge in [-0.3, -0.25) is 4.79 Å². The molecule has 1 aliphatic rings. The van der Waals surface area contributed by atoms with Gasteiger partial charge in [0, 0.05) is 45.1 Å². The normalized spacial score (nSPS) is 19.9. The van der Waals surface area contributed by atoms with E-state index in [4.69, 9.17) is 0 Å². The monoisotopic (exact) mass is 422 g/mol. The van der Waals surface area contributed by atoms with Gasteiger partial charge in [0.2, 0.25) is 5.91 Å². The highest BCUT2D eigenvalue weighted by atomic mass is 32.2. The van der Waals surface area contributed by atoms with Crippen LogP contribution < -0.4 is 5.32 Å². The topological polar surface area (TPSA) is 101 Å². The van der Waals surface area contributed by atoms with Gasteiger partial charge in [-0.25, -0.2) is 17.8 Å². The van der Waals surface area contributed by atoms with E-state index in [9.17, 15) is 22.4 Å². The first-order chi connectivity index (χ1) is 13.8. The van der Waals surface area contributed by atoms with Crippen LogP contribution in [0.2, 0.25) is 0 Å². The minimum Gasteiger partial charge on any atom is -0.351 e. The van der Waals surface area contributed by atoms with Crippen molar-refractivity contribution < 1.29 is 22.4 Å². The third-order valence-electron chi connectivity index (χ3n) is 4.94. The quantitative estimate of drug-likeness (QED) is 0.509. The van der Waals surface area contributed by atoms with Gasteiger partial charge < -0.3 is 14.7 Å². The van der Waals surface area contributed by atoms with Crippen molar-refractivity contribution >= 4 is 22.2 Å². The summed E-state index contributed by atoms with van der Waals surface area (Å²) >= 11 is 0. The predicted molar refractivity (Wildman–Crippen MR) is 103 cm³/mol. The molecule has 1 saturated heterocycles. The highest BCUT2D eigenvalue weighted by Crippen LogP contribution is 2.31. The average Bonchev–Trinajstić information content (AvgIpc) is 3.30. The van der Waals surface area contributed by atoms with Crippen LogP contribution in [0.5, 0.6) is 0 Å². The summed E-state index contributed by atoms with van der Waals surface area (Å²) in [6, 6.07) is 5.36. The van der Waals surface area contributed by atoms with Gasteiger partial charge in [0.25, 0.3) is 10.0 Å². The maximum Gasteiger partial charge on any atom is 0.262 e. The zero-order chi connectivity index (χ0) is 21.0. The van der Waals surface area contributed by atoms with E-state index in [-0.39, 0.29) is 42.2 Å². The minimum absolute atomic E-state index is 0.0594. The number of unbranched alkanes of at least 4 members (excludes halogenated alkanes) is 1. The molecular weight excluding hydrogens is 399 g/mol. The lowest BCUT2D eigenvalue weighted by atomic mass is 9.94. The van der Waals surface area contributed by atoms with Crippen molar-refractivity contribution in [2.45, 2.75) is 36.2 Å². The number of aldehydes is 1. The van der Waals surface area contributed by atoms with Crippen molar-refractivity contribution in [3.8, 4) is 0 Å². The molecule has 8 nitrogen and oxygen atoms in total. The van der Waals surface area contributed by atoms with Crippen molar-refractivity contribution in [2.24, 2.45) is 7.05 Å². The lowest BCUT2D eigenvalue weighted by Gasteiger charge is -2.20. The number of imidazole rings is 1. The minimum atomic E-state index is -3.83. The molecule has 0 saturated carbocycles. The molecule has 1 fully saturated rings. The van der Waals surface area contributed by atoms with Crippen molar-refractivity contribution in [1.29, 1.82) is 0 Å². The third-order valence-corrected chi connectivity index (χ3v) is 6.66. The molecule has 1 aliphatic heterocycles. The Balaban J connectivity index is 1.82. The van der Waals surface area contributed by atoms with Gasteiger partial charge in [-0.1, -0.05) is 12.1 Å². The Morgan fingerprint density at radius 3 is 2.66 bits per heavy atom. The van der Waals surface area contributed by atoms with Crippen LogP contribution in [-0.2, 0) is 26.7 Å². The van der Waals surface area contributed by atoms with Crippen molar-refractivity contribution in [3.05, 3.63) is 48.2 Å². The van der Waals surface area contributed by atoms with Crippen LogP contribution in [-0.4, -0.2) is 53.6 Å². The Morgan fingerprint density at radius 1 is 1.31 bits per heavy atom. The molecule has 2 atom stereocenters. The molecule has 29 heavy (non-hydrogen) atoms. The molecule has 10 heteroatoms. The molecule has 1 aromatic heterocycles. The predicted octanol–water partition coefficient (Wildman–Crippen LogP) is 1.20. The number of aryl methyl sites for hydroxylation is 1. The van der Waals surface area contributed by atoms with Gasteiger partial charge in [-0.2, -0.15) is 4.31 Å². The van der Waals surface area contributed by atoms with E-state index in [1.807, 2.05) is 0 Å². The van der Waals surface area contributed by atoms with E-state index in [0.29, 0.717) is 12.8 Å². The Morgan fingerprint density at radius 2 is 2.03 bits per heavy atom. The molecule has 0 radical (unpaired) electrons. The molecule has 1 amide bonds. The van der Waals surface area contributed by atoms with Crippen LogP contribution in [0.4, 0.5) is 4.39 Å². The smallest absolute Gasteiger partial charge is 0.262 e. The first-order valence-electron chi connectivity index (χ1n) is 9.28. The SMILES string of the molecule is Cn1cnc(S(=O)(=O)N2C[C@H](NC(=O)CCCC=O)[C@@H](c3ccc(F)cc3)C2)c1. The summed E-state index contributed by atoms with van der Waals surface area (Å²) in [7, 11) is -2.15. The van der Waals surface area contributed by atoms with Crippen LogP contribution in [0.15, 0.2) is 41.8 Å². The van der Waals surface area contributed by atoms with Gasteiger partial charge in [0.05, 0.1) is 12.4 Å². The zero-order valence-corrected chi connectivity index (χ0v) is 16.8. The van der Waals surface area contributed by atoms with Crippen molar-refractivity contribution in [1.82, 2.24) is 19.2 Å². The summed E-state index contributed by atoms with van der Waals surface area (Å²) in [6.45, 7) is 0.226. The van der Waals surface area contributed by atoms with Crippen LogP contribution >= 0.6 is 0 Å². The second-order valence-electron chi connectivity index (χ2n) is 7.09. The number of aromatic nitrogens is 2. The molecule has 156 valence electrons. The second kappa shape index (κ2) is 8.83. The van der Waals surface area contributed by atoms with E-state index in [0.717, 1.165) is 11.8 Å². The molecule has 2 heterocycles. The molecular formula is C19H23FN4O4S. The highest BCUT2D eigenvalue weighted by Gasteiger charge is 2.41. The van der Waals surface area contributed by atoms with E-state index < -0.39 is 16.1 Å². The Hall–Kier alpha value is -2.59. The lowest BCUT2D eigenvalue weighted by molar-refractivity contribution is -0.121. The molecule has 1 N–H and O–H groups in total. The molecule has 0 bridgehead atoms. The molecule has 0 unspecified atom stereocenters. The third kappa shape index (κ3) is 4.88. The van der Waals surface area contributed by atoms with Gasteiger partial charge in [-0.05, 0) is 24.1 Å². The number of benzene rings is 1. The molecule has 0 aliphatic carbocycles. The number of hydrogen-bond donors (Lipinski definition) is 1. The van der Waals surface area contributed by atoms with Gasteiger partial charge in [0.1, 0.15) is 12.1 Å². The molecule has 1 aromatic carbocycles. The number of hydrogen-bond acceptors (Lipinski definition) is 5. The summed E-state index contributed by atoms with van der Waals surface area (Å²) in [5, 5.41) is 2.82. The van der Waals surface area contributed by atoms with Gasteiger partial charge in [-0.15, -0.1) is 0 Å². The van der Waals surface area contributed by atoms with Crippen LogP contribution in [0.25, 0.3) is 0 Å². The fourth-order valence-electron chi connectivity index (χ4n) is 3.44. The molecule has 0 spiro atoms. The van der Waals surface area contributed by atoms with E-state index in [1.54, 1.807) is 23.7 Å². The van der Waals surface area contributed by atoms with E-state index >= 15 is 0 Å². The first-order valence-corrected chi connectivity index (χ1v) is 10.7. The van der Waals surface area contributed by atoms with E-state index in [1.165, 1.54) is 29.0 Å². The second-order valence-corrected chi connectivity index (χ2v) is 8.98. The van der Waals surface area contributed by atoms with Crippen LogP contribution in [0.1, 0.15) is 30.7 Å². The Bertz CT molecular complexity index is 974. The fourth-order valence-corrected chi connectivity index (χ4v) is 4.90. The molecule has 2 aromatic rings. The first kappa shape index (κ1) is 21.1. The standard InChI is InChI=1S/C19H23FN4O4S/c1-23-12-19(21-13-23)29(27,28)24-10-16(14-5-7-15(20)8-6-14)17(11-24)22-18(26)4-2-3-9-25/h5-9,12-13,16-17H,2-4,10-11H2,1H3,(H,22,26)/t16-,17+/m1/s1. The zero-order valence-electron chi connectivity index (χ0n) is 16.0. The average molecular weight is 422 g/mol. The summed E-state index contributed by atoms with van der Waals surface area (Å²) in [4.78, 5) is 26.6. The number of nitrogens with one attached hydrogen (secondary N) is 1. The number of nitrogens with zero attached hydrogens (tertiary/aromatic N) is 3. The summed E-state index contributed by atoms with van der Waals surface area (Å²) in [6.07, 6.45) is 4.49. The maximum atomic E-state index is 13.3. The Labute approximate surface area is 168 Å². The fraction of sp³-hybridized carbons (Fsp3) is 0.421. The largest absolute Gasteiger partial charge is 0.351 e. The van der Waals surface area contributed by atoms with Crippen molar-refractivity contribution in [3.63, 3.8) is 0 Å². The summed E-state index contributed by atoms with van der Waals surface area (Å²) in [5.74, 6) is -0.968. The number of rotatable bonds is 8. The number of halogens is 1. The van der Waals surface area contributed by atoms with Crippen LogP contribution in [0, 0.1) is 5.82 Å². The van der Waals surface area contributed by atoms with Crippen molar-refractivity contribution in [2.75, 3.05) is 13.1 Å². The lowest BCUT2D eigenvalue weighted by Crippen LogP contribution is -2.40.